The molecule has 0 spiro atoms. The lowest BCUT2D eigenvalue weighted by Gasteiger charge is -2.16. The highest BCUT2D eigenvalue weighted by Crippen LogP contribution is 2.36. The molecular formula is C23H24N2O5S. The van der Waals surface area contributed by atoms with Gasteiger partial charge in [-0.3, -0.25) is 9.52 Å². The van der Waals surface area contributed by atoms with Gasteiger partial charge in [0.15, 0.2) is 0 Å². The van der Waals surface area contributed by atoms with E-state index in [1.165, 1.54) is 4.57 Å². The second-order valence-corrected chi connectivity index (χ2v) is 8.46. The largest absolute Gasteiger partial charge is 0.497 e. The molecule has 0 fully saturated rings. The molecule has 3 aromatic rings. The van der Waals surface area contributed by atoms with Crippen molar-refractivity contribution in [1.29, 1.82) is 0 Å². The number of aryl methyl sites for hydroxylation is 2. The zero-order chi connectivity index (χ0) is 22.6. The summed E-state index contributed by atoms with van der Waals surface area (Å²) in [5.41, 5.74) is 2.25. The van der Waals surface area contributed by atoms with Gasteiger partial charge in [0.25, 0.3) is 15.6 Å². The Kier molecular flexibility index (Phi) is 6.50. The fourth-order valence-electron chi connectivity index (χ4n) is 3.09. The molecule has 0 radical (unpaired) electrons. The molecule has 1 heterocycles. The lowest BCUT2D eigenvalue weighted by atomic mass is 10.0. The van der Waals surface area contributed by atoms with Crippen molar-refractivity contribution >= 4 is 15.7 Å². The van der Waals surface area contributed by atoms with Gasteiger partial charge in [0.05, 0.1) is 7.11 Å². The summed E-state index contributed by atoms with van der Waals surface area (Å²) in [5.74, 6) is 1.70. The summed E-state index contributed by atoms with van der Waals surface area (Å²) >= 11 is 0. The number of hydrogen-bond donors (Lipinski definition) is 1. The third-order valence-corrected chi connectivity index (χ3v) is 5.64. The van der Waals surface area contributed by atoms with E-state index in [1.54, 1.807) is 62.8 Å². The predicted molar refractivity (Wildman–Crippen MR) is 122 cm³/mol. The molecule has 31 heavy (non-hydrogen) atoms. The van der Waals surface area contributed by atoms with Crippen LogP contribution in [0.25, 0.3) is 11.1 Å². The molecule has 2 aromatic carbocycles. The van der Waals surface area contributed by atoms with Gasteiger partial charge in [-0.1, -0.05) is 19.6 Å². The standard InChI is InChI=1S/C23H24N2O5S/c1-5-16-12-17(15-25(3)23(16)26)21-13-18(24-31(27,28)6-2)10-11-22(21)30-20-9-7-8-19(14-20)29-4/h6-15,24H,2,5H2,1,3-4H3. The van der Waals surface area contributed by atoms with Crippen molar-refractivity contribution < 1.29 is 17.9 Å². The van der Waals surface area contributed by atoms with Crippen molar-refractivity contribution in [3.05, 3.63) is 82.6 Å². The average Bonchev–Trinajstić information content (AvgIpc) is 2.76. The Hall–Kier alpha value is -3.52. The first-order valence-electron chi connectivity index (χ1n) is 9.57. The zero-order valence-electron chi connectivity index (χ0n) is 17.6. The van der Waals surface area contributed by atoms with Crippen molar-refractivity contribution in [3.63, 3.8) is 0 Å². The van der Waals surface area contributed by atoms with Crippen LogP contribution in [-0.4, -0.2) is 20.1 Å². The van der Waals surface area contributed by atoms with Crippen LogP contribution in [0.5, 0.6) is 17.2 Å². The van der Waals surface area contributed by atoms with Gasteiger partial charge in [-0.2, -0.15) is 0 Å². The molecule has 0 amide bonds. The van der Waals surface area contributed by atoms with E-state index in [4.69, 9.17) is 9.47 Å². The second kappa shape index (κ2) is 9.09. The maximum Gasteiger partial charge on any atom is 0.254 e. The van der Waals surface area contributed by atoms with Gasteiger partial charge in [-0.25, -0.2) is 8.42 Å². The van der Waals surface area contributed by atoms with Crippen LogP contribution in [0.4, 0.5) is 5.69 Å². The topological polar surface area (TPSA) is 86.6 Å². The summed E-state index contributed by atoms with van der Waals surface area (Å²) in [4.78, 5) is 12.3. The van der Waals surface area contributed by atoms with E-state index in [1.807, 2.05) is 13.0 Å². The van der Waals surface area contributed by atoms with Gasteiger partial charge in [0.2, 0.25) is 0 Å². The van der Waals surface area contributed by atoms with E-state index in [0.29, 0.717) is 40.5 Å². The van der Waals surface area contributed by atoms with E-state index in [0.717, 1.165) is 11.0 Å². The van der Waals surface area contributed by atoms with Crippen LogP contribution in [0, 0.1) is 0 Å². The van der Waals surface area contributed by atoms with Gasteiger partial charge >= 0.3 is 0 Å². The summed E-state index contributed by atoms with van der Waals surface area (Å²) in [6.45, 7) is 5.22. The quantitative estimate of drug-likeness (QED) is 0.564. The van der Waals surface area contributed by atoms with Gasteiger partial charge in [0.1, 0.15) is 17.2 Å². The smallest absolute Gasteiger partial charge is 0.254 e. The third-order valence-electron chi connectivity index (χ3n) is 4.68. The van der Waals surface area contributed by atoms with E-state index < -0.39 is 10.0 Å². The highest BCUT2D eigenvalue weighted by molar-refractivity contribution is 7.95. The Morgan fingerprint density at radius 3 is 2.55 bits per heavy atom. The first kappa shape index (κ1) is 22.2. The summed E-state index contributed by atoms with van der Waals surface area (Å²) in [6, 6.07) is 13.9. The fourth-order valence-corrected chi connectivity index (χ4v) is 3.63. The van der Waals surface area contributed by atoms with E-state index in [-0.39, 0.29) is 5.56 Å². The van der Waals surface area contributed by atoms with Crippen LogP contribution < -0.4 is 19.8 Å². The van der Waals surface area contributed by atoms with Gasteiger partial charge < -0.3 is 14.0 Å². The Bertz CT molecular complexity index is 1280. The number of hydrogen-bond acceptors (Lipinski definition) is 5. The van der Waals surface area contributed by atoms with Crippen molar-refractivity contribution in [1.82, 2.24) is 4.57 Å². The Morgan fingerprint density at radius 2 is 1.87 bits per heavy atom. The molecule has 0 aliphatic heterocycles. The Balaban J connectivity index is 2.15. The molecule has 0 aliphatic rings. The molecule has 8 heteroatoms. The van der Waals surface area contributed by atoms with Crippen molar-refractivity contribution in [3.8, 4) is 28.4 Å². The number of pyridine rings is 1. The molecule has 0 saturated heterocycles. The maximum atomic E-state index is 12.3. The number of ether oxygens (including phenoxy) is 2. The number of sulfonamides is 1. The third kappa shape index (κ3) is 5.16. The molecule has 0 atom stereocenters. The minimum absolute atomic E-state index is 0.0787. The van der Waals surface area contributed by atoms with Crippen LogP contribution in [0.2, 0.25) is 0 Å². The Labute approximate surface area is 181 Å². The summed E-state index contributed by atoms with van der Waals surface area (Å²) < 4.78 is 39.2. The van der Waals surface area contributed by atoms with Crippen LogP contribution in [0.1, 0.15) is 12.5 Å². The normalized spacial score (nSPS) is 11.1. The fraction of sp³-hybridized carbons (Fsp3) is 0.174. The number of aromatic nitrogens is 1. The van der Waals surface area contributed by atoms with Gasteiger partial charge in [0, 0.05) is 47.1 Å². The lowest BCUT2D eigenvalue weighted by molar-refractivity contribution is 0.409. The van der Waals surface area contributed by atoms with Crippen molar-refractivity contribution in [2.24, 2.45) is 7.05 Å². The van der Waals surface area contributed by atoms with Crippen molar-refractivity contribution in [2.75, 3.05) is 11.8 Å². The van der Waals surface area contributed by atoms with E-state index in [2.05, 4.69) is 11.3 Å². The summed E-state index contributed by atoms with van der Waals surface area (Å²) in [7, 11) is -0.429. The minimum atomic E-state index is -3.68. The number of benzene rings is 2. The molecule has 162 valence electrons. The molecule has 0 unspecified atom stereocenters. The molecule has 7 nitrogen and oxygen atoms in total. The predicted octanol–water partition coefficient (Wildman–Crippen LogP) is 4.30. The molecule has 0 saturated carbocycles. The first-order chi connectivity index (χ1) is 14.8. The van der Waals surface area contributed by atoms with Crippen LogP contribution in [0.15, 0.2) is 71.5 Å². The van der Waals surface area contributed by atoms with E-state index in [9.17, 15) is 13.2 Å². The molecule has 1 N–H and O–H groups in total. The first-order valence-corrected chi connectivity index (χ1v) is 11.1. The number of rotatable bonds is 8. The van der Waals surface area contributed by atoms with Crippen molar-refractivity contribution in [2.45, 2.75) is 13.3 Å². The second-order valence-electron chi connectivity index (χ2n) is 6.83. The van der Waals surface area contributed by atoms with Crippen LogP contribution in [0.3, 0.4) is 0 Å². The maximum absolute atomic E-state index is 12.3. The zero-order valence-corrected chi connectivity index (χ0v) is 18.4. The van der Waals surface area contributed by atoms with Crippen LogP contribution >= 0.6 is 0 Å². The lowest BCUT2D eigenvalue weighted by Crippen LogP contribution is -2.20. The van der Waals surface area contributed by atoms with E-state index >= 15 is 0 Å². The SMILES string of the molecule is C=CS(=O)(=O)Nc1ccc(Oc2cccc(OC)c2)c(-c2cc(CC)c(=O)n(C)c2)c1. The highest BCUT2D eigenvalue weighted by Gasteiger charge is 2.14. The number of nitrogens with one attached hydrogen (secondary N) is 1. The summed E-state index contributed by atoms with van der Waals surface area (Å²) in [6.07, 6.45) is 2.26. The minimum Gasteiger partial charge on any atom is -0.497 e. The Morgan fingerprint density at radius 1 is 1.13 bits per heavy atom. The molecule has 1 aromatic heterocycles. The average molecular weight is 441 g/mol. The number of anilines is 1. The number of nitrogens with zero attached hydrogens (tertiary/aromatic N) is 1. The highest BCUT2D eigenvalue weighted by atomic mass is 32.2. The molecule has 3 rings (SSSR count). The van der Waals surface area contributed by atoms with Gasteiger partial charge in [-0.15, -0.1) is 0 Å². The number of methoxy groups -OCH3 is 1. The summed E-state index contributed by atoms with van der Waals surface area (Å²) in [5, 5.41) is 0.842. The molecule has 0 bridgehead atoms. The molecule has 0 aliphatic carbocycles. The van der Waals surface area contributed by atoms with Gasteiger partial charge in [-0.05, 0) is 42.8 Å². The monoisotopic (exact) mass is 440 g/mol. The molecular weight excluding hydrogens is 416 g/mol. The van der Waals surface area contributed by atoms with Crippen LogP contribution in [-0.2, 0) is 23.5 Å².